The van der Waals surface area contributed by atoms with Crippen LogP contribution in [-0.4, -0.2) is 17.7 Å². The van der Waals surface area contributed by atoms with E-state index < -0.39 is 17.7 Å². The van der Waals surface area contributed by atoms with E-state index in [1.165, 1.54) is 12.3 Å². The Kier molecular flexibility index (Phi) is 7.00. The Morgan fingerprint density at radius 1 is 1.00 bits per heavy atom. The van der Waals surface area contributed by atoms with Crippen LogP contribution in [0.25, 0.3) is 0 Å². The first-order chi connectivity index (χ1) is 12.8. The zero-order valence-electron chi connectivity index (χ0n) is 15.6. The van der Waals surface area contributed by atoms with Crippen LogP contribution in [0.1, 0.15) is 26.3 Å². The summed E-state index contributed by atoms with van der Waals surface area (Å²) >= 11 is 0. The van der Waals surface area contributed by atoms with Crippen molar-refractivity contribution in [3.05, 3.63) is 72.5 Å². The van der Waals surface area contributed by atoms with Crippen molar-refractivity contribution in [2.24, 2.45) is 0 Å². The summed E-state index contributed by atoms with van der Waals surface area (Å²) in [6.07, 6.45) is 1.93. The Morgan fingerprint density at radius 3 is 2.30 bits per heavy atom. The summed E-state index contributed by atoms with van der Waals surface area (Å²) in [6, 6.07) is 16.1. The second-order valence-electron chi connectivity index (χ2n) is 6.67. The van der Waals surface area contributed by atoms with Crippen molar-refractivity contribution >= 4 is 17.7 Å². The number of ether oxygens (including phenoxy) is 3. The number of carbonyl (C=O) groups is 2. The molecule has 0 atom stereocenters. The van der Waals surface area contributed by atoms with Crippen molar-refractivity contribution < 1.29 is 23.8 Å². The normalized spacial score (nSPS) is 11.1. The van der Waals surface area contributed by atoms with E-state index in [0.29, 0.717) is 11.4 Å². The molecule has 6 nitrogen and oxygen atoms in total. The molecule has 0 saturated heterocycles. The third kappa shape index (κ3) is 8.09. The SMILES string of the molecule is CC(C)(C)OC(=O)Nc1ccc(O/C=C/C(=O)OCc2ccccc2)cc1. The van der Waals surface area contributed by atoms with Crippen LogP contribution >= 0.6 is 0 Å². The van der Waals surface area contributed by atoms with Crippen LogP contribution in [0.4, 0.5) is 10.5 Å². The van der Waals surface area contributed by atoms with E-state index in [-0.39, 0.29) is 6.61 Å². The first-order valence-electron chi connectivity index (χ1n) is 8.46. The van der Waals surface area contributed by atoms with Crippen LogP contribution in [0.3, 0.4) is 0 Å². The van der Waals surface area contributed by atoms with Gasteiger partial charge in [-0.3, -0.25) is 5.32 Å². The van der Waals surface area contributed by atoms with Gasteiger partial charge in [0.05, 0.1) is 12.3 Å². The summed E-state index contributed by atoms with van der Waals surface area (Å²) in [7, 11) is 0. The molecule has 2 aromatic rings. The van der Waals surface area contributed by atoms with Gasteiger partial charge in [0, 0.05) is 5.69 Å². The van der Waals surface area contributed by atoms with Gasteiger partial charge in [-0.1, -0.05) is 30.3 Å². The molecular weight excluding hydrogens is 346 g/mol. The van der Waals surface area contributed by atoms with Gasteiger partial charge >= 0.3 is 12.1 Å². The van der Waals surface area contributed by atoms with Crippen LogP contribution in [0, 0.1) is 0 Å². The fourth-order valence-corrected chi connectivity index (χ4v) is 1.98. The molecule has 0 aliphatic carbocycles. The van der Waals surface area contributed by atoms with Gasteiger partial charge in [-0.15, -0.1) is 0 Å². The van der Waals surface area contributed by atoms with Gasteiger partial charge in [0.1, 0.15) is 18.0 Å². The molecule has 0 saturated carbocycles. The predicted octanol–water partition coefficient (Wildman–Crippen LogP) is 4.67. The highest BCUT2D eigenvalue weighted by molar-refractivity contribution is 5.85. The number of esters is 1. The highest BCUT2D eigenvalue weighted by Crippen LogP contribution is 2.17. The van der Waals surface area contributed by atoms with Gasteiger partial charge in [0.15, 0.2) is 0 Å². The highest BCUT2D eigenvalue weighted by atomic mass is 16.6. The maximum Gasteiger partial charge on any atom is 0.412 e. The Morgan fingerprint density at radius 2 is 1.67 bits per heavy atom. The third-order valence-electron chi connectivity index (χ3n) is 3.13. The third-order valence-corrected chi connectivity index (χ3v) is 3.13. The standard InChI is InChI=1S/C21H23NO5/c1-21(2,3)27-20(24)22-17-9-11-18(12-10-17)25-14-13-19(23)26-15-16-7-5-4-6-8-16/h4-14H,15H2,1-3H3,(H,22,24)/b14-13+. The predicted molar refractivity (Wildman–Crippen MR) is 102 cm³/mol. The van der Waals surface area contributed by atoms with E-state index >= 15 is 0 Å². The summed E-state index contributed by atoms with van der Waals surface area (Å²) in [5.41, 5.74) is 0.920. The number of nitrogens with one attached hydrogen (secondary N) is 1. The number of rotatable bonds is 6. The van der Waals surface area contributed by atoms with Gasteiger partial charge in [-0.05, 0) is 50.6 Å². The van der Waals surface area contributed by atoms with Crippen LogP contribution in [0.15, 0.2) is 66.9 Å². The zero-order chi connectivity index (χ0) is 19.7. The molecule has 0 heterocycles. The lowest BCUT2D eigenvalue weighted by Gasteiger charge is -2.19. The minimum Gasteiger partial charge on any atom is -0.465 e. The lowest BCUT2D eigenvalue weighted by atomic mass is 10.2. The topological polar surface area (TPSA) is 73.9 Å². The van der Waals surface area contributed by atoms with Crippen molar-refractivity contribution in [3.63, 3.8) is 0 Å². The second-order valence-corrected chi connectivity index (χ2v) is 6.67. The Labute approximate surface area is 158 Å². The molecule has 0 bridgehead atoms. The summed E-state index contributed by atoms with van der Waals surface area (Å²) in [5.74, 6) is 0.0129. The summed E-state index contributed by atoms with van der Waals surface area (Å²) in [5, 5.41) is 2.62. The van der Waals surface area contributed by atoms with Crippen molar-refractivity contribution in [3.8, 4) is 5.75 Å². The molecule has 0 spiro atoms. The minimum atomic E-state index is -0.562. The average Bonchev–Trinajstić information content (AvgIpc) is 2.61. The molecule has 1 N–H and O–H groups in total. The van der Waals surface area contributed by atoms with Gasteiger partial charge in [-0.25, -0.2) is 9.59 Å². The van der Waals surface area contributed by atoms with Crippen molar-refractivity contribution in [2.75, 3.05) is 5.32 Å². The van der Waals surface area contributed by atoms with Crippen LogP contribution in [-0.2, 0) is 20.9 Å². The monoisotopic (exact) mass is 369 g/mol. The number of carbonyl (C=O) groups excluding carboxylic acids is 2. The van der Waals surface area contributed by atoms with Gasteiger partial charge in [-0.2, -0.15) is 0 Å². The maximum atomic E-state index is 11.7. The molecule has 0 aromatic heterocycles. The Balaban J connectivity index is 1.76. The van der Waals surface area contributed by atoms with Crippen molar-refractivity contribution in [2.45, 2.75) is 33.0 Å². The number of hydrogen-bond acceptors (Lipinski definition) is 5. The van der Waals surface area contributed by atoms with Crippen LogP contribution < -0.4 is 10.1 Å². The molecule has 1 amide bonds. The fraction of sp³-hybridized carbons (Fsp3) is 0.238. The van der Waals surface area contributed by atoms with Crippen LogP contribution in [0.2, 0.25) is 0 Å². The van der Waals surface area contributed by atoms with E-state index in [4.69, 9.17) is 14.2 Å². The number of hydrogen-bond donors (Lipinski definition) is 1. The maximum absolute atomic E-state index is 11.7. The lowest BCUT2D eigenvalue weighted by Crippen LogP contribution is -2.27. The lowest BCUT2D eigenvalue weighted by molar-refractivity contribution is -0.139. The summed E-state index contributed by atoms with van der Waals surface area (Å²) in [6.45, 7) is 5.58. The first kappa shape index (κ1) is 20.0. The van der Waals surface area contributed by atoms with Gasteiger partial charge in [0.25, 0.3) is 0 Å². The first-order valence-corrected chi connectivity index (χ1v) is 8.46. The van der Waals surface area contributed by atoms with Crippen LogP contribution in [0.5, 0.6) is 5.75 Å². The molecule has 6 heteroatoms. The smallest absolute Gasteiger partial charge is 0.412 e. The number of amides is 1. The second kappa shape index (κ2) is 9.43. The van der Waals surface area contributed by atoms with E-state index in [0.717, 1.165) is 5.56 Å². The fourth-order valence-electron chi connectivity index (χ4n) is 1.98. The zero-order valence-corrected chi connectivity index (χ0v) is 15.6. The largest absolute Gasteiger partial charge is 0.465 e. The van der Waals surface area contributed by atoms with E-state index in [1.807, 2.05) is 30.3 Å². The molecule has 0 aliphatic heterocycles. The molecule has 0 aliphatic rings. The molecule has 142 valence electrons. The number of benzene rings is 2. The van der Waals surface area contributed by atoms with Crippen molar-refractivity contribution in [1.82, 2.24) is 0 Å². The van der Waals surface area contributed by atoms with Gasteiger partial charge < -0.3 is 14.2 Å². The van der Waals surface area contributed by atoms with E-state index in [2.05, 4.69) is 5.32 Å². The quantitative estimate of drug-likeness (QED) is 0.455. The molecule has 0 unspecified atom stereocenters. The van der Waals surface area contributed by atoms with E-state index in [9.17, 15) is 9.59 Å². The van der Waals surface area contributed by atoms with Gasteiger partial charge in [0.2, 0.25) is 0 Å². The van der Waals surface area contributed by atoms with Crippen molar-refractivity contribution in [1.29, 1.82) is 0 Å². The van der Waals surface area contributed by atoms with E-state index in [1.54, 1.807) is 45.0 Å². The highest BCUT2D eigenvalue weighted by Gasteiger charge is 2.16. The molecule has 2 rings (SSSR count). The number of anilines is 1. The minimum absolute atomic E-state index is 0.203. The molecule has 27 heavy (non-hydrogen) atoms. The Bertz CT molecular complexity index is 776. The molecule has 2 aromatic carbocycles. The molecular formula is C21H23NO5. The Hall–Kier alpha value is -3.28. The summed E-state index contributed by atoms with van der Waals surface area (Å²) in [4.78, 5) is 23.3. The summed E-state index contributed by atoms with van der Waals surface area (Å²) < 4.78 is 15.6. The average molecular weight is 369 g/mol. The molecule has 0 fully saturated rings. The molecule has 0 radical (unpaired) electrons.